The number of nitrogens with one attached hydrogen (secondary N) is 1. The molecule has 1 N–H and O–H groups in total. The number of unbranched alkanes of at least 4 members (excludes halogenated alkanes) is 1. The highest BCUT2D eigenvalue weighted by Crippen LogP contribution is 2.20. The number of anilines is 1. The molecule has 0 bridgehead atoms. The molecule has 0 aliphatic carbocycles. The maximum absolute atomic E-state index is 6.02. The minimum Gasteiger partial charge on any atom is -0.383 e. The van der Waals surface area contributed by atoms with Crippen LogP contribution in [0, 0.1) is 0 Å². The van der Waals surface area contributed by atoms with Gasteiger partial charge in [-0.2, -0.15) is 11.8 Å². The number of para-hydroxylation sites is 1. The quantitative estimate of drug-likeness (QED) is 0.718. The van der Waals surface area contributed by atoms with Gasteiger partial charge in [0.2, 0.25) is 0 Å². The summed E-state index contributed by atoms with van der Waals surface area (Å²) in [5, 5.41) is 4.14. The minimum atomic E-state index is 0.802. The molecule has 0 spiro atoms. The first-order valence-electron chi connectivity index (χ1n) is 5.40. The van der Waals surface area contributed by atoms with Crippen LogP contribution in [0.2, 0.25) is 5.02 Å². The molecule has 0 atom stereocenters. The van der Waals surface area contributed by atoms with Crippen LogP contribution in [0.3, 0.4) is 0 Å². The zero-order valence-corrected chi connectivity index (χ0v) is 10.7. The highest BCUT2D eigenvalue weighted by Gasteiger charge is 1.96. The number of halogens is 1. The van der Waals surface area contributed by atoms with Crippen LogP contribution in [0.25, 0.3) is 0 Å². The van der Waals surface area contributed by atoms with E-state index in [1.54, 1.807) is 0 Å². The predicted molar refractivity (Wildman–Crippen MR) is 72.2 cm³/mol. The molecular formula is C12H18ClNS. The van der Waals surface area contributed by atoms with Gasteiger partial charge < -0.3 is 5.32 Å². The summed E-state index contributed by atoms with van der Waals surface area (Å²) in [6.45, 7) is 3.21. The SMILES string of the molecule is CCCCSCCNc1ccccc1Cl. The third-order valence-electron chi connectivity index (χ3n) is 2.08. The van der Waals surface area contributed by atoms with Crippen molar-refractivity contribution in [3.05, 3.63) is 29.3 Å². The summed E-state index contributed by atoms with van der Waals surface area (Å²) in [6, 6.07) is 7.87. The minimum absolute atomic E-state index is 0.802. The Morgan fingerprint density at radius 1 is 1.27 bits per heavy atom. The van der Waals surface area contributed by atoms with E-state index < -0.39 is 0 Å². The molecular weight excluding hydrogens is 226 g/mol. The fraction of sp³-hybridized carbons (Fsp3) is 0.500. The molecule has 84 valence electrons. The van der Waals surface area contributed by atoms with Crippen molar-refractivity contribution in [3.63, 3.8) is 0 Å². The second kappa shape index (κ2) is 7.89. The number of rotatable bonds is 7. The molecule has 0 amide bonds. The van der Waals surface area contributed by atoms with E-state index in [0.717, 1.165) is 23.0 Å². The molecule has 1 aromatic carbocycles. The van der Waals surface area contributed by atoms with Crippen LogP contribution in [0.4, 0.5) is 5.69 Å². The molecule has 0 unspecified atom stereocenters. The summed E-state index contributed by atoms with van der Waals surface area (Å²) in [7, 11) is 0. The monoisotopic (exact) mass is 243 g/mol. The van der Waals surface area contributed by atoms with Gasteiger partial charge in [0, 0.05) is 12.3 Å². The van der Waals surface area contributed by atoms with Gasteiger partial charge in [0.1, 0.15) is 0 Å². The van der Waals surface area contributed by atoms with Gasteiger partial charge in [-0.25, -0.2) is 0 Å². The van der Waals surface area contributed by atoms with Gasteiger partial charge in [-0.05, 0) is 24.3 Å². The number of hydrogen-bond acceptors (Lipinski definition) is 2. The molecule has 1 aromatic rings. The lowest BCUT2D eigenvalue weighted by atomic mass is 10.3. The summed E-state index contributed by atoms with van der Waals surface area (Å²) in [4.78, 5) is 0. The summed E-state index contributed by atoms with van der Waals surface area (Å²) >= 11 is 8.01. The van der Waals surface area contributed by atoms with Crippen molar-refractivity contribution in [1.82, 2.24) is 0 Å². The van der Waals surface area contributed by atoms with Crippen molar-refractivity contribution in [2.75, 3.05) is 23.4 Å². The zero-order valence-electron chi connectivity index (χ0n) is 9.13. The van der Waals surface area contributed by atoms with E-state index in [0.29, 0.717) is 0 Å². The molecule has 0 aliphatic heterocycles. The van der Waals surface area contributed by atoms with Crippen LogP contribution < -0.4 is 5.32 Å². The van der Waals surface area contributed by atoms with Crippen molar-refractivity contribution in [2.45, 2.75) is 19.8 Å². The van der Waals surface area contributed by atoms with Crippen LogP contribution in [0.5, 0.6) is 0 Å². The Morgan fingerprint density at radius 3 is 2.80 bits per heavy atom. The Morgan fingerprint density at radius 2 is 2.07 bits per heavy atom. The van der Waals surface area contributed by atoms with Crippen molar-refractivity contribution < 1.29 is 0 Å². The van der Waals surface area contributed by atoms with E-state index in [9.17, 15) is 0 Å². The van der Waals surface area contributed by atoms with Crippen LogP contribution >= 0.6 is 23.4 Å². The average Bonchev–Trinajstić information content (AvgIpc) is 2.25. The molecule has 0 aliphatic rings. The average molecular weight is 244 g/mol. The van der Waals surface area contributed by atoms with E-state index in [1.807, 2.05) is 36.0 Å². The second-order valence-corrected chi connectivity index (χ2v) is 5.00. The van der Waals surface area contributed by atoms with Gasteiger partial charge in [0.05, 0.1) is 10.7 Å². The molecule has 1 nitrogen and oxygen atoms in total. The summed E-state index contributed by atoms with van der Waals surface area (Å²) in [5.74, 6) is 2.41. The van der Waals surface area contributed by atoms with E-state index in [4.69, 9.17) is 11.6 Å². The van der Waals surface area contributed by atoms with Crippen molar-refractivity contribution in [2.24, 2.45) is 0 Å². The van der Waals surface area contributed by atoms with Gasteiger partial charge >= 0.3 is 0 Å². The van der Waals surface area contributed by atoms with Crippen molar-refractivity contribution in [3.8, 4) is 0 Å². The Bertz CT molecular complexity index is 278. The highest BCUT2D eigenvalue weighted by molar-refractivity contribution is 7.99. The second-order valence-electron chi connectivity index (χ2n) is 3.37. The largest absolute Gasteiger partial charge is 0.383 e. The molecule has 0 fully saturated rings. The van der Waals surface area contributed by atoms with E-state index >= 15 is 0 Å². The van der Waals surface area contributed by atoms with Gasteiger partial charge in [0.15, 0.2) is 0 Å². The zero-order chi connectivity index (χ0) is 10.9. The lowest BCUT2D eigenvalue weighted by molar-refractivity contribution is 0.896. The molecule has 15 heavy (non-hydrogen) atoms. The van der Waals surface area contributed by atoms with Crippen LogP contribution in [0.15, 0.2) is 24.3 Å². The Labute approximate surface area is 102 Å². The molecule has 0 saturated heterocycles. The number of hydrogen-bond donors (Lipinski definition) is 1. The summed E-state index contributed by atoms with van der Waals surface area (Å²) in [5.41, 5.74) is 1.04. The Balaban J connectivity index is 2.12. The fourth-order valence-electron chi connectivity index (χ4n) is 1.21. The van der Waals surface area contributed by atoms with E-state index in [2.05, 4.69) is 12.2 Å². The molecule has 3 heteroatoms. The first kappa shape index (κ1) is 12.7. The third-order valence-corrected chi connectivity index (χ3v) is 3.48. The molecule has 1 rings (SSSR count). The molecule has 0 aromatic heterocycles. The number of benzene rings is 1. The smallest absolute Gasteiger partial charge is 0.0637 e. The normalized spacial score (nSPS) is 10.3. The fourth-order valence-corrected chi connectivity index (χ4v) is 2.36. The molecule has 0 radical (unpaired) electrons. The maximum Gasteiger partial charge on any atom is 0.0637 e. The lowest BCUT2D eigenvalue weighted by Gasteiger charge is -2.07. The Kier molecular flexibility index (Phi) is 6.69. The predicted octanol–water partition coefficient (Wildman–Crippen LogP) is 4.29. The summed E-state index contributed by atoms with van der Waals surface area (Å²) < 4.78 is 0. The molecule has 0 saturated carbocycles. The van der Waals surface area contributed by atoms with Crippen molar-refractivity contribution >= 4 is 29.1 Å². The topological polar surface area (TPSA) is 12.0 Å². The van der Waals surface area contributed by atoms with Gasteiger partial charge in [-0.15, -0.1) is 0 Å². The van der Waals surface area contributed by atoms with Gasteiger partial charge in [0.25, 0.3) is 0 Å². The maximum atomic E-state index is 6.02. The standard InChI is InChI=1S/C12H18ClNS/c1-2-3-9-15-10-8-14-12-7-5-4-6-11(12)13/h4-7,14H,2-3,8-10H2,1H3. The highest BCUT2D eigenvalue weighted by atomic mass is 35.5. The van der Waals surface area contributed by atoms with Crippen LogP contribution in [-0.2, 0) is 0 Å². The third kappa shape index (κ3) is 5.33. The van der Waals surface area contributed by atoms with Gasteiger partial charge in [-0.3, -0.25) is 0 Å². The lowest BCUT2D eigenvalue weighted by Crippen LogP contribution is -2.04. The van der Waals surface area contributed by atoms with Crippen molar-refractivity contribution in [1.29, 1.82) is 0 Å². The number of thioether (sulfide) groups is 1. The van der Waals surface area contributed by atoms with E-state index in [-0.39, 0.29) is 0 Å². The molecule has 0 heterocycles. The van der Waals surface area contributed by atoms with Crippen LogP contribution in [-0.4, -0.2) is 18.1 Å². The van der Waals surface area contributed by atoms with E-state index in [1.165, 1.54) is 18.6 Å². The van der Waals surface area contributed by atoms with Gasteiger partial charge in [-0.1, -0.05) is 37.1 Å². The summed E-state index contributed by atoms with van der Waals surface area (Å²) in [6.07, 6.45) is 2.60. The van der Waals surface area contributed by atoms with Crippen LogP contribution in [0.1, 0.15) is 19.8 Å². The first-order chi connectivity index (χ1) is 7.34. The Hall–Kier alpha value is -0.340. The first-order valence-corrected chi connectivity index (χ1v) is 6.94.